The van der Waals surface area contributed by atoms with Crippen LogP contribution in [0.5, 0.6) is 0 Å². The second kappa shape index (κ2) is 6.22. The van der Waals surface area contributed by atoms with Crippen molar-refractivity contribution in [2.24, 2.45) is 0 Å². The molecule has 118 valence electrons. The molecule has 0 unspecified atom stereocenters. The molecule has 1 aromatic carbocycles. The van der Waals surface area contributed by atoms with E-state index in [2.05, 4.69) is 16.7 Å². The van der Waals surface area contributed by atoms with E-state index in [1.54, 1.807) is 11.3 Å². The number of anilines is 1. The molecule has 1 saturated heterocycles. The largest absolute Gasteiger partial charge is 0.465 e. The second-order valence-corrected chi connectivity index (χ2v) is 6.56. The third kappa shape index (κ3) is 2.80. The standard InChI is InChI=1S/C16H21N3O2S/c1-4-18-5-7-19(8-6-18)16-17-14-11(2)9-12(15(20)21-3)10-13(14)22-16/h9-10H,4-8H2,1-3H3. The predicted octanol–water partition coefficient (Wildman–Crippen LogP) is 2.53. The summed E-state index contributed by atoms with van der Waals surface area (Å²) in [4.78, 5) is 21.3. The number of aromatic nitrogens is 1. The summed E-state index contributed by atoms with van der Waals surface area (Å²) in [6, 6.07) is 3.74. The number of benzene rings is 1. The highest BCUT2D eigenvalue weighted by Gasteiger charge is 2.20. The van der Waals surface area contributed by atoms with Gasteiger partial charge >= 0.3 is 5.97 Å². The quantitative estimate of drug-likeness (QED) is 0.814. The van der Waals surface area contributed by atoms with Crippen LogP contribution in [0, 0.1) is 6.92 Å². The Hall–Kier alpha value is -1.66. The van der Waals surface area contributed by atoms with E-state index in [1.165, 1.54) is 7.11 Å². The average Bonchev–Trinajstić information content (AvgIpc) is 2.99. The summed E-state index contributed by atoms with van der Waals surface area (Å²) in [5, 5.41) is 1.05. The maximum absolute atomic E-state index is 11.7. The summed E-state index contributed by atoms with van der Waals surface area (Å²) in [5.74, 6) is -0.295. The van der Waals surface area contributed by atoms with Crippen LogP contribution in [0.2, 0.25) is 0 Å². The van der Waals surface area contributed by atoms with Crippen LogP contribution in [0.25, 0.3) is 10.2 Å². The Morgan fingerprint density at radius 2 is 2.05 bits per heavy atom. The van der Waals surface area contributed by atoms with Gasteiger partial charge < -0.3 is 14.5 Å². The summed E-state index contributed by atoms with van der Waals surface area (Å²) in [7, 11) is 1.41. The molecule has 22 heavy (non-hydrogen) atoms. The molecule has 3 rings (SSSR count). The van der Waals surface area contributed by atoms with Gasteiger partial charge in [-0.25, -0.2) is 9.78 Å². The van der Waals surface area contributed by atoms with Gasteiger partial charge in [-0.2, -0.15) is 0 Å². The van der Waals surface area contributed by atoms with Crippen molar-refractivity contribution in [2.75, 3.05) is 44.7 Å². The van der Waals surface area contributed by atoms with Crippen LogP contribution in [-0.4, -0.2) is 55.7 Å². The summed E-state index contributed by atoms with van der Waals surface area (Å²) in [6.07, 6.45) is 0. The van der Waals surface area contributed by atoms with Gasteiger partial charge in [-0.05, 0) is 31.2 Å². The van der Waals surface area contributed by atoms with Crippen molar-refractivity contribution in [3.05, 3.63) is 23.3 Å². The fourth-order valence-electron chi connectivity index (χ4n) is 2.81. The Bertz CT molecular complexity index is 690. The van der Waals surface area contributed by atoms with E-state index < -0.39 is 0 Å². The number of likely N-dealkylation sites (N-methyl/N-ethyl adjacent to an activating group) is 1. The monoisotopic (exact) mass is 319 g/mol. The molecular formula is C16H21N3O2S. The van der Waals surface area contributed by atoms with Crippen LogP contribution in [0.4, 0.5) is 5.13 Å². The summed E-state index contributed by atoms with van der Waals surface area (Å²) < 4.78 is 5.87. The van der Waals surface area contributed by atoms with Gasteiger partial charge in [0.05, 0.1) is 22.9 Å². The lowest BCUT2D eigenvalue weighted by molar-refractivity contribution is 0.0601. The van der Waals surface area contributed by atoms with Gasteiger partial charge in [-0.15, -0.1) is 0 Å². The fraction of sp³-hybridized carbons (Fsp3) is 0.500. The number of thiazole rings is 1. The molecular weight excluding hydrogens is 298 g/mol. The molecule has 1 aromatic heterocycles. The van der Waals surface area contributed by atoms with Crippen molar-refractivity contribution in [1.29, 1.82) is 0 Å². The van der Waals surface area contributed by atoms with Gasteiger partial charge in [-0.3, -0.25) is 0 Å². The maximum Gasteiger partial charge on any atom is 0.337 e. The molecule has 0 radical (unpaired) electrons. The molecule has 5 nitrogen and oxygen atoms in total. The van der Waals surface area contributed by atoms with Gasteiger partial charge in [-0.1, -0.05) is 18.3 Å². The number of methoxy groups -OCH3 is 1. The zero-order valence-electron chi connectivity index (χ0n) is 13.3. The number of carbonyl (C=O) groups excluding carboxylic acids is 1. The molecule has 2 aromatic rings. The van der Waals surface area contributed by atoms with Gasteiger partial charge in [0.1, 0.15) is 0 Å². The Labute approximate surface area is 134 Å². The summed E-state index contributed by atoms with van der Waals surface area (Å²) in [6.45, 7) is 9.48. The molecule has 2 heterocycles. The van der Waals surface area contributed by atoms with Crippen molar-refractivity contribution >= 4 is 32.7 Å². The highest BCUT2D eigenvalue weighted by Crippen LogP contribution is 2.32. The van der Waals surface area contributed by atoms with E-state index in [0.29, 0.717) is 5.56 Å². The van der Waals surface area contributed by atoms with E-state index in [4.69, 9.17) is 9.72 Å². The first-order chi connectivity index (χ1) is 10.6. The van der Waals surface area contributed by atoms with Crippen LogP contribution >= 0.6 is 11.3 Å². The maximum atomic E-state index is 11.7. The van der Waals surface area contributed by atoms with Crippen molar-refractivity contribution in [3.8, 4) is 0 Å². The van der Waals surface area contributed by atoms with Crippen molar-refractivity contribution in [3.63, 3.8) is 0 Å². The van der Waals surface area contributed by atoms with Gasteiger partial charge in [0, 0.05) is 26.2 Å². The van der Waals surface area contributed by atoms with E-state index >= 15 is 0 Å². The molecule has 0 aliphatic carbocycles. The van der Waals surface area contributed by atoms with E-state index in [-0.39, 0.29) is 5.97 Å². The predicted molar refractivity (Wildman–Crippen MR) is 90.0 cm³/mol. The fourth-order valence-corrected chi connectivity index (χ4v) is 3.95. The highest BCUT2D eigenvalue weighted by molar-refractivity contribution is 7.22. The lowest BCUT2D eigenvalue weighted by Crippen LogP contribution is -2.46. The van der Waals surface area contributed by atoms with Crippen molar-refractivity contribution < 1.29 is 9.53 Å². The number of carbonyl (C=O) groups is 1. The first kappa shape index (κ1) is 15.2. The van der Waals surface area contributed by atoms with Crippen LogP contribution < -0.4 is 4.90 Å². The third-order valence-corrected chi connectivity index (χ3v) is 5.25. The molecule has 0 atom stereocenters. The number of hydrogen-bond donors (Lipinski definition) is 0. The minimum Gasteiger partial charge on any atom is -0.465 e. The average molecular weight is 319 g/mol. The topological polar surface area (TPSA) is 45.7 Å². The zero-order valence-corrected chi connectivity index (χ0v) is 14.1. The van der Waals surface area contributed by atoms with Crippen LogP contribution in [0.3, 0.4) is 0 Å². The van der Waals surface area contributed by atoms with Crippen molar-refractivity contribution in [1.82, 2.24) is 9.88 Å². The second-order valence-electron chi connectivity index (χ2n) is 5.55. The number of nitrogens with zero attached hydrogens (tertiary/aromatic N) is 3. The first-order valence-corrected chi connectivity index (χ1v) is 8.41. The molecule has 6 heteroatoms. The lowest BCUT2D eigenvalue weighted by Gasteiger charge is -2.33. The SMILES string of the molecule is CCN1CCN(c2nc3c(C)cc(C(=O)OC)cc3s2)CC1. The number of ether oxygens (including phenoxy) is 1. The van der Waals surface area contributed by atoms with E-state index in [9.17, 15) is 4.79 Å². The number of rotatable bonds is 3. The third-order valence-electron chi connectivity index (χ3n) is 4.19. The molecule has 0 amide bonds. The van der Waals surface area contributed by atoms with Crippen LogP contribution in [0.15, 0.2) is 12.1 Å². The minimum atomic E-state index is -0.295. The highest BCUT2D eigenvalue weighted by atomic mass is 32.1. The Morgan fingerprint density at radius 3 is 2.68 bits per heavy atom. The number of fused-ring (bicyclic) bond motifs is 1. The normalized spacial score (nSPS) is 16.2. The molecule has 0 N–H and O–H groups in total. The summed E-state index contributed by atoms with van der Waals surface area (Å²) >= 11 is 1.66. The zero-order chi connectivity index (χ0) is 15.7. The number of hydrogen-bond acceptors (Lipinski definition) is 6. The summed E-state index contributed by atoms with van der Waals surface area (Å²) in [5.41, 5.74) is 2.61. The van der Waals surface area contributed by atoms with Crippen molar-refractivity contribution in [2.45, 2.75) is 13.8 Å². The number of esters is 1. The van der Waals surface area contributed by atoms with E-state index in [0.717, 1.165) is 53.6 Å². The molecule has 0 spiro atoms. The number of aryl methyl sites for hydroxylation is 1. The first-order valence-electron chi connectivity index (χ1n) is 7.59. The van der Waals surface area contributed by atoms with Crippen LogP contribution in [-0.2, 0) is 4.74 Å². The lowest BCUT2D eigenvalue weighted by atomic mass is 10.1. The molecule has 1 fully saturated rings. The Morgan fingerprint density at radius 1 is 1.32 bits per heavy atom. The molecule has 1 aliphatic heterocycles. The van der Waals surface area contributed by atoms with Gasteiger partial charge in [0.25, 0.3) is 0 Å². The van der Waals surface area contributed by atoms with Gasteiger partial charge in [0.15, 0.2) is 5.13 Å². The Kier molecular flexibility index (Phi) is 4.31. The number of piperazine rings is 1. The van der Waals surface area contributed by atoms with Crippen LogP contribution in [0.1, 0.15) is 22.8 Å². The van der Waals surface area contributed by atoms with Gasteiger partial charge in [0.2, 0.25) is 0 Å². The molecule has 0 saturated carbocycles. The molecule has 1 aliphatic rings. The minimum absolute atomic E-state index is 0.295. The molecule has 0 bridgehead atoms. The Balaban J connectivity index is 1.90. The van der Waals surface area contributed by atoms with E-state index in [1.807, 2.05) is 19.1 Å². The smallest absolute Gasteiger partial charge is 0.337 e.